The van der Waals surface area contributed by atoms with E-state index in [2.05, 4.69) is 44.6 Å². The van der Waals surface area contributed by atoms with Crippen LogP contribution in [-0.2, 0) is 6.54 Å². The van der Waals surface area contributed by atoms with Crippen LogP contribution in [0.4, 0.5) is 5.82 Å². The van der Waals surface area contributed by atoms with Crippen molar-refractivity contribution in [2.75, 3.05) is 24.5 Å². The molecule has 1 aliphatic rings. The summed E-state index contributed by atoms with van der Waals surface area (Å²) in [6.45, 7) is 5.41. The molecule has 1 aromatic heterocycles. The summed E-state index contributed by atoms with van der Waals surface area (Å²) in [7, 11) is 0. The van der Waals surface area contributed by atoms with Crippen molar-refractivity contribution in [1.82, 2.24) is 15.6 Å². The van der Waals surface area contributed by atoms with Crippen LogP contribution in [0.5, 0.6) is 0 Å². The quantitative estimate of drug-likeness (QED) is 0.382. The molecule has 7 heteroatoms. The minimum atomic E-state index is 0. The number of rotatable bonds is 5. The van der Waals surface area contributed by atoms with Crippen molar-refractivity contribution in [2.24, 2.45) is 4.99 Å². The lowest BCUT2D eigenvalue weighted by Crippen LogP contribution is -2.48. The summed E-state index contributed by atoms with van der Waals surface area (Å²) >= 11 is 0. The zero-order valence-electron chi connectivity index (χ0n) is 16.1. The second-order valence-corrected chi connectivity index (χ2v) is 6.60. The van der Waals surface area contributed by atoms with E-state index in [9.17, 15) is 0 Å². The van der Waals surface area contributed by atoms with Gasteiger partial charge >= 0.3 is 0 Å². The Morgan fingerprint density at radius 3 is 2.75 bits per heavy atom. The summed E-state index contributed by atoms with van der Waals surface area (Å²) in [5.74, 6) is 1.88. The Hall–Kier alpha value is -2.34. The number of pyridine rings is 1. The Balaban J connectivity index is 0.00000280. The first kappa shape index (κ1) is 22.0. The molecule has 1 aromatic carbocycles. The molecule has 2 N–H and O–H groups in total. The molecular weight excluding hydrogens is 463 g/mol. The van der Waals surface area contributed by atoms with Gasteiger partial charge in [0, 0.05) is 31.9 Å². The minimum Gasteiger partial charge on any atom is -0.357 e. The third-order valence-electron chi connectivity index (χ3n) is 4.63. The van der Waals surface area contributed by atoms with Gasteiger partial charge < -0.3 is 15.5 Å². The van der Waals surface area contributed by atoms with Crippen molar-refractivity contribution in [3.63, 3.8) is 0 Å². The largest absolute Gasteiger partial charge is 0.357 e. The van der Waals surface area contributed by atoms with E-state index in [0.29, 0.717) is 18.2 Å². The van der Waals surface area contributed by atoms with Gasteiger partial charge in [0.1, 0.15) is 5.82 Å². The Labute approximate surface area is 184 Å². The molecular formula is C21H27IN6. The average Bonchev–Trinajstić information content (AvgIpc) is 2.73. The van der Waals surface area contributed by atoms with E-state index in [4.69, 9.17) is 5.26 Å². The minimum absolute atomic E-state index is 0. The number of anilines is 1. The number of nitrogens with zero attached hydrogens (tertiary/aromatic N) is 4. The van der Waals surface area contributed by atoms with Gasteiger partial charge in [-0.15, -0.1) is 24.0 Å². The molecule has 2 heterocycles. The van der Waals surface area contributed by atoms with Gasteiger partial charge in [0.15, 0.2) is 5.96 Å². The van der Waals surface area contributed by atoms with Crippen molar-refractivity contribution in [1.29, 1.82) is 5.26 Å². The van der Waals surface area contributed by atoms with Crippen molar-refractivity contribution in [3.05, 3.63) is 59.8 Å². The van der Waals surface area contributed by atoms with Crippen LogP contribution in [-0.4, -0.2) is 36.6 Å². The molecule has 0 atom stereocenters. The van der Waals surface area contributed by atoms with Crippen LogP contribution in [0.3, 0.4) is 0 Å². The lowest BCUT2D eigenvalue weighted by Gasteiger charge is -2.33. The lowest BCUT2D eigenvalue weighted by molar-refractivity contribution is 0.459. The molecule has 3 rings (SSSR count). The number of nitriles is 1. The summed E-state index contributed by atoms with van der Waals surface area (Å²) in [5.41, 5.74) is 1.71. The number of nitrogens with one attached hydrogen (secondary N) is 2. The zero-order valence-corrected chi connectivity index (χ0v) is 18.5. The highest BCUT2D eigenvalue weighted by Gasteiger charge is 2.20. The predicted molar refractivity (Wildman–Crippen MR) is 124 cm³/mol. The van der Waals surface area contributed by atoms with Crippen molar-refractivity contribution < 1.29 is 0 Å². The Morgan fingerprint density at radius 1 is 1.25 bits per heavy atom. The maximum atomic E-state index is 9.02. The van der Waals surface area contributed by atoms with Gasteiger partial charge in [-0.05, 0) is 49.6 Å². The number of benzene rings is 1. The first-order valence-corrected chi connectivity index (χ1v) is 9.48. The standard InChI is InChI=1S/C21H26N6.HI/c1-2-23-21(25-16-18-7-5-6-17(14-18)15-22)26-19-9-12-27(13-10-19)20-8-3-4-11-24-20;/h3-8,11,14,19H,2,9-10,12-13,16H2,1H3,(H2,23,25,26);1H. The molecule has 148 valence electrons. The molecule has 0 unspecified atom stereocenters. The van der Waals surface area contributed by atoms with Gasteiger partial charge in [-0.2, -0.15) is 5.26 Å². The summed E-state index contributed by atoms with van der Waals surface area (Å²) in [5, 5.41) is 15.9. The molecule has 0 saturated carbocycles. The normalized spacial score (nSPS) is 14.7. The van der Waals surface area contributed by atoms with Gasteiger partial charge in [-0.1, -0.05) is 18.2 Å². The van der Waals surface area contributed by atoms with Gasteiger partial charge in [0.2, 0.25) is 0 Å². The number of hydrogen-bond acceptors (Lipinski definition) is 4. The van der Waals surface area contributed by atoms with Gasteiger partial charge in [0.05, 0.1) is 18.2 Å². The van der Waals surface area contributed by atoms with E-state index < -0.39 is 0 Å². The first-order chi connectivity index (χ1) is 13.3. The molecule has 1 fully saturated rings. The number of aromatic nitrogens is 1. The van der Waals surface area contributed by atoms with E-state index in [1.165, 1.54) is 0 Å². The highest BCUT2D eigenvalue weighted by atomic mass is 127. The van der Waals surface area contributed by atoms with Crippen LogP contribution >= 0.6 is 24.0 Å². The second kappa shape index (κ2) is 11.5. The van der Waals surface area contributed by atoms with Gasteiger partial charge in [-0.25, -0.2) is 9.98 Å². The third-order valence-corrected chi connectivity index (χ3v) is 4.63. The van der Waals surface area contributed by atoms with Crippen molar-refractivity contribution >= 4 is 35.8 Å². The van der Waals surface area contributed by atoms with Crippen LogP contribution in [0.1, 0.15) is 30.9 Å². The monoisotopic (exact) mass is 490 g/mol. The number of halogens is 1. The first-order valence-electron chi connectivity index (χ1n) is 9.48. The van der Waals surface area contributed by atoms with E-state index in [-0.39, 0.29) is 24.0 Å². The number of piperidine rings is 1. The van der Waals surface area contributed by atoms with E-state index in [1.807, 2.05) is 42.6 Å². The summed E-state index contributed by atoms with van der Waals surface area (Å²) in [6.07, 6.45) is 3.94. The van der Waals surface area contributed by atoms with Crippen molar-refractivity contribution in [2.45, 2.75) is 32.4 Å². The van der Waals surface area contributed by atoms with Crippen LogP contribution in [0.15, 0.2) is 53.7 Å². The maximum absolute atomic E-state index is 9.02. The Bertz CT molecular complexity index is 794. The van der Waals surface area contributed by atoms with Crippen LogP contribution in [0.25, 0.3) is 0 Å². The van der Waals surface area contributed by atoms with Gasteiger partial charge in [-0.3, -0.25) is 0 Å². The van der Waals surface area contributed by atoms with Crippen LogP contribution < -0.4 is 15.5 Å². The molecule has 28 heavy (non-hydrogen) atoms. The SMILES string of the molecule is CCNC(=NCc1cccc(C#N)c1)NC1CCN(c2ccccn2)CC1.I. The van der Waals surface area contributed by atoms with E-state index in [1.54, 1.807) is 0 Å². The Kier molecular flexibility index (Phi) is 9.01. The molecule has 6 nitrogen and oxygen atoms in total. The van der Waals surface area contributed by atoms with Crippen LogP contribution in [0, 0.1) is 11.3 Å². The molecule has 0 aliphatic carbocycles. The molecule has 1 saturated heterocycles. The molecule has 1 aliphatic heterocycles. The van der Waals surface area contributed by atoms with Crippen LogP contribution in [0.2, 0.25) is 0 Å². The fourth-order valence-electron chi connectivity index (χ4n) is 3.22. The van der Waals surface area contributed by atoms with Gasteiger partial charge in [0.25, 0.3) is 0 Å². The molecule has 0 radical (unpaired) electrons. The summed E-state index contributed by atoms with van der Waals surface area (Å²) in [4.78, 5) is 11.5. The number of hydrogen-bond donors (Lipinski definition) is 2. The number of guanidine groups is 1. The lowest BCUT2D eigenvalue weighted by atomic mass is 10.1. The smallest absolute Gasteiger partial charge is 0.191 e. The fraction of sp³-hybridized carbons (Fsp3) is 0.381. The number of aliphatic imine (C=N–C) groups is 1. The molecule has 0 bridgehead atoms. The molecule has 0 spiro atoms. The second-order valence-electron chi connectivity index (χ2n) is 6.60. The fourth-order valence-corrected chi connectivity index (χ4v) is 3.22. The van der Waals surface area contributed by atoms with E-state index >= 15 is 0 Å². The topological polar surface area (TPSA) is 76.3 Å². The highest BCUT2D eigenvalue weighted by molar-refractivity contribution is 14.0. The summed E-state index contributed by atoms with van der Waals surface area (Å²) in [6, 6.07) is 16.2. The molecule has 0 amide bonds. The van der Waals surface area contributed by atoms with E-state index in [0.717, 1.165) is 49.8 Å². The van der Waals surface area contributed by atoms with Crippen molar-refractivity contribution in [3.8, 4) is 6.07 Å². The Morgan fingerprint density at radius 2 is 2.07 bits per heavy atom. The maximum Gasteiger partial charge on any atom is 0.191 e. The molecule has 2 aromatic rings. The zero-order chi connectivity index (χ0) is 18.9. The summed E-state index contributed by atoms with van der Waals surface area (Å²) < 4.78 is 0. The predicted octanol–water partition coefficient (Wildman–Crippen LogP) is 3.30. The third kappa shape index (κ3) is 6.37. The highest BCUT2D eigenvalue weighted by Crippen LogP contribution is 2.17. The average molecular weight is 490 g/mol.